The van der Waals surface area contributed by atoms with E-state index >= 15 is 0 Å². The second-order valence-corrected chi connectivity index (χ2v) is 10.0. The molecule has 0 saturated carbocycles. The van der Waals surface area contributed by atoms with Gasteiger partial charge in [0.25, 0.3) is 0 Å². The van der Waals surface area contributed by atoms with Crippen molar-refractivity contribution in [1.29, 1.82) is 0 Å². The lowest BCUT2D eigenvalue weighted by molar-refractivity contribution is -0.121. The van der Waals surface area contributed by atoms with Gasteiger partial charge < -0.3 is 25.4 Å². The number of hydrogen-bond acceptors (Lipinski definition) is 8. The number of halogens is 1. The van der Waals surface area contributed by atoms with Gasteiger partial charge in [-0.1, -0.05) is 42.8 Å². The number of anilines is 1. The van der Waals surface area contributed by atoms with Gasteiger partial charge in [0, 0.05) is 28.3 Å². The number of nitrogens with one attached hydrogen (secondary N) is 2. The van der Waals surface area contributed by atoms with Gasteiger partial charge in [-0.2, -0.15) is 0 Å². The van der Waals surface area contributed by atoms with Crippen LogP contribution in [0.4, 0.5) is 5.69 Å². The third-order valence-corrected chi connectivity index (χ3v) is 6.90. The first-order chi connectivity index (χ1) is 20.2. The summed E-state index contributed by atoms with van der Waals surface area (Å²) < 4.78 is 7.83. The zero-order valence-corrected chi connectivity index (χ0v) is 23.7. The van der Waals surface area contributed by atoms with E-state index in [-0.39, 0.29) is 31.3 Å². The molecule has 0 radical (unpaired) electrons. The molecule has 0 unspecified atom stereocenters. The largest absolute Gasteiger partial charge is 0.493 e. The third-order valence-electron chi connectivity index (χ3n) is 6.64. The average Bonchev–Trinajstić information content (AvgIpc) is 3.30. The average molecular weight is 587 g/mol. The Bertz CT molecular complexity index is 1640. The molecule has 0 aliphatic carbocycles. The van der Waals surface area contributed by atoms with E-state index in [4.69, 9.17) is 21.3 Å². The number of nitrogens with zero attached hydrogens (tertiary/aromatic N) is 4. The molecule has 11 nitrogen and oxygen atoms in total. The molecule has 5 rings (SSSR count). The van der Waals surface area contributed by atoms with Gasteiger partial charge in [-0.3, -0.25) is 19.1 Å². The van der Waals surface area contributed by atoms with Crippen molar-refractivity contribution in [3.05, 3.63) is 94.5 Å². The van der Waals surface area contributed by atoms with Gasteiger partial charge in [0.05, 0.1) is 24.4 Å². The van der Waals surface area contributed by atoms with Crippen LogP contribution in [-0.4, -0.2) is 56.1 Å². The first-order valence-corrected chi connectivity index (χ1v) is 13.7. The van der Waals surface area contributed by atoms with Crippen molar-refractivity contribution in [1.82, 2.24) is 20.1 Å². The molecule has 0 saturated heterocycles. The first-order valence-electron chi connectivity index (χ1n) is 13.3. The molecule has 1 aliphatic rings. The van der Waals surface area contributed by atoms with E-state index in [1.54, 1.807) is 37.3 Å². The Balaban J connectivity index is 1.41. The number of aliphatic imine (C=N–C) groups is 1. The van der Waals surface area contributed by atoms with E-state index in [2.05, 4.69) is 20.8 Å². The number of ether oxygens (including phenoxy) is 1. The van der Waals surface area contributed by atoms with Gasteiger partial charge in [0.1, 0.15) is 11.6 Å². The second kappa shape index (κ2) is 12.6. The Labute approximate surface area is 247 Å². The Kier molecular flexibility index (Phi) is 8.67. The van der Waals surface area contributed by atoms with Gasteiger partial charge in [-0.05, 0) is 54.9 Å². The van der Waals surface area contributed by atoms with Crippen LogP contribution < -0.4 is 20.8 Å². The van der Waals surface area contributed by atoms with E-state index in [1.807, 2.05) is 35.8 Å². The third kappa shape index (κ3) is 6.36. The van der Waals surface area contributed by atoms with Crippen LogP contribution in [0.25, 0.3) is 5.69 Å². The minimum Gasteiger partial charge on any atom is -0.493 e. The van der Waals surface area contributed by atoms with Gasteiger partial charge in [0.2, 0.25) is 11.8 Å². The van der Waals surface area contributed by atoms with Gasteiger partial charge in [-0.25, -0.2) is 0 Å². The fourth-order valence-corrected chi connectivity index (χ4v) is 4.64. The molecule has 214 valence electrons. The van der Waals surface area contributed by atoms with Crippen LogP contribution in [0, 0.1) is 6.92 Å². The van der Waals surface area contributed by atoms with Crippen molar-refractivity contribution >= 4 is 47.4 Å². The van der Waals surface area contributed by atoms with Crippen LogP contribution in [0.5, 0.6) is 5.75 Å². The van der Waals surface area contributed by atoms with Crippen LogP contribution in [-0.2, 0) is 9.59 Å². The molecule has 1 aromatic heterocycles. The summed E-state index contributed by atoms with van der Waals surface area (Å²) in [6, 6.07) is 19.0. The predicted octanol–water partition coefficient (Wildman–Crippen LogP) is 2.69. The van der Waals surface area contributed by atoms with Crippen molar-refractivity contribution < 1.29 is 24.4 Å². The van der Waals surface area contributed by atoms with E-state index in [0.29, 0.717) is 39.3 Å². The van der Waals surface area contributed by atoms with Crippen molar-refractivity contribution in [2.24, 2.45) is 4.99 Å². The highest BCUT2D eigenvalue weighted by molar-refractivity contribution is 6.58. The fraction of sp³-hybridized carbons (Fsp3) is 0.207. The Morgan fingerprint density at radius 3 is 2.45 bits per heavy atom. The molecule has 2 amide bonds. The molecule has 0 bridgehead atoms. The highest BCUT2D eigenvalue weighted by Gasteiger charge is 2.29. The van der Waals surface area contributed by atoms with Gasteiger partial charge in [-0.15, -0.1) is 10.2 Å². The Hall–Kier alpha value is -4.52. The highest BCUT2D eigenvalue weighted by atomic mass is 35.5. The predicted molar refractivity (Wildman–Crippen MR) is 159 cm³/mol. The Morgan fingerprint density at radius 1 is 1.02 bits per heavy atom. The number of aryl methyl sites for hydroxylation is 1. The summed E-state index contributed by atoms with van der Waals surface area (Å²) >= 11 is 6.16. The van der Waals surface area contributed by atoms with Crippen LogP contribution in [0.1, 0.15) is 48.7 Å². The normalized spacial score (nSPS) is 13.7. The lowest BCUT2D eigenvalue weighted by Crippen LogP contribution is -2.29. The second-order valence-electron chi connectivity index (χ2n) is 9.57. The van der Waals surface area contributed by atoms with E-state index in [9.17, 15) is 19.6 Å². The smallest absolute Gasteiger partial charge is 0.488 e. The minimum atomic E-state index is -1.57. The minimum absolute atomic E-state index is 0.0828. The molecule has 13 heteroatoms. The molecule has 4 aromatic rings. The molecular formula is C29H28BClN6O5. The zero-order valence-electron chi connectivity index (χ0n) is 22.9. The number of fused-ring (bicyclic) bond motifs is 3. The molecular weight excluding hydrogens is 559 g/mol. The lowest BCUT2D eigenvalue weighted by atomic mass is 9.80. The standard InChI is InChI=1S/C29H28BClN6O5/c1-3-25(38)33-28-29-36-35-17(2)37(29)24-13-12-22(16-23(24)27(34-28)18-4-8-20(31)9-5-18)42-15-14-26(39)32-21-10-6-19(7-11-21)30(40)41/h4-13,16,28,40-41H,3,14-15H2,1-2H3,(H,32,39)(H,33,38)/t28-/m1/s1. The van der Waals surface area contributed by atoms with Crippen molar-refractivity contribution in [2.75, 3.05) is 11.9 Å². The topological polar surface area (TPSA) is 151 Å². The van der Waals surface area contributed by atoms with E-state index in [0.717, 1.165) is 16.8 Å². The van der Waals surface area contributed by atoms with Crippen LogP contribution >= 0.6 is 11.6 Å². The molecule has 4 N–H and O–H groups in total. The molecule has 0 spiro atoms. The zero-order chi connectivity index (χ0) is 29.8. The number of benzene rings is 3. The van der Waals surface area contributed by atoms with E-state index < -0.39 is 13.3 Å². The van der Waals surface area contributed by atoms with Crippen molar-refractivity contribution in [2.45, 2.75) is 32.9 Å². The van der Waals surface area contributed by atoms with Crippen molar-refractivity contribution in [3.8, 4) is 11.4 Å². The number of aromatic nitrogens is 3. The summed E-state index contributed by atoms with van der Waals surface area (Å²) in [5.74, 6) is 1.19. The monoisotopic (exact) mass is 586 g/mol. The lowest BCUT2D eigenvalue weighted by Gasteiger charge is -2.15. The molecule has 2 heterocycles. The summed E-state index contributed by atoms with van der Waals surface area (Å²) in [7, 11) is -1.57. The summed E-state index contributed by atoms with van der Waals surface area (Å²) in [6.45, 7) is 3.70. The molecule has 3 aromatic carbocycles. The van der Waals surface area contributed by atoms with Gasteiger partial charge in [0.15, 0.2) is 12.0 Å². The van der Waals surface area contributed by atoms with Crippen LogP contribution in [0.2, 0.25) is 5.02 Å². The maximum atomic E-state index is 12.5. The molecule has 42 heavy (non-hydrogen) atoms. The number of carbonyl (C=O) groups is 2. The Morgan fingerprint density at radius 2 is 1.76 bits per heavy atom. The van der Waals surface area contributed by atoms with Crippen LogP contribution in [0.15, 0.2) is 71.7 Å². The summed E-state index contributed by atoms with van der Waals surface area (Å²) in [5.41, 5.74) is 3.73. The highest BCUT2D eigenvalue weighted by Crippen LogP contribution is 2.32. The molecule has 1 aliphatic heterocycles. The summed E-state index contributed by atoms with van der Waals surface area (Å²) in [5, 5.41) is 33.3. The van der Waals surface area contributed by atoms with Crippen molar-refractivity contribution in [3.63, 3.8) is 0 Å². The number of rotatable bonds is 9. The van der Waals surface area contributed by atoms with Crippen LogP contribution in [0.3, 0.4) is 0 Å². The first kappa shape index (κ1) is 29.0. The van der Waals surface area contributed by atoms with Gasteiger partial charge >= 0.3 is 7.12 Å². The molecule has 1 atom stereocenters. The quantitative estimate of drug-likeness (QED) is 0.220. The SMILES string of the molecule is CCC(=O)N[C@@H]1N=C(c2ccc(Cl)cc2)c2cc(OCCC(=O)Nc3ccc(B(O)O)cc3)ccc2-n2c(C)nnc21. The van der Waals surface area contributed by atoms with E-state index in [1.165, 1.54) is 12.1 Å². The number of carbonyl (C=O) groups excluding carboxylic acids is 2. The summed E-state index contributed by atoms with van der Waals surface area (Å²) in [4.78, 5) is 29.9. The number of hydrogen-bond donors (Lipinski definition) is 4. The maximum Gasteiger partial charge on any atom is 0.488 e. The maximum absolute atomic E-state index is 12.5. The number of amides is 2. The fourth-order valence-electron chi connectivity index (χ4n) is 4.51. The molecule has 0 fully saturated rings. The summed E-state index contributed by atoms with van der Waals surface area (Å²) in [6.07, 6.45) is -0.413.